The Hall–Kier alpha value is -1.69. The van der Waals surface area contributed by atoms with Crippen LogP contribution in [0.3, 0.4) is 0 Å². The Balaban J connectivity index is 2.14. The molecular formula is C15H19NO4S. The van der Waals surface area contributed by atoms with Crippen LogP contribution in [0.2, 0.25) is 0 Å². The molecule has 1 aromatic carbocycles. The third-order valence-electron chi connectivity index (χ3n) is 3.50. The highest BCUT2D eigenvalue weighted by Gasteiger charge is 2.40. The number of thioether (sulfide) groups is 1. The highest BCUT2D eigenvalue weighted by molar-refractivity contribution is 8.00. The first-order valence-electron chi connectivity index (χ1n) is 6.85. The summed E-state index contributed by atoms with van der Waals surface area (Å²) in [4.78, 5) is 25.3. The van der Waals surface area contributed by atoms with E-state index in [4.69, 9.17) is 4.74 Å². The number of benzene rings is 1. The first kappa shape index (κ1) is 15.7. The van der Waals surface area contributed by atoms with E-state index in [0.717, 1.165) is 12.0 Å². The number of hydrogen-bond donors (Lipinski definition) is 1. The van der Waals surface area contributed by atoms with Crippen molar-refractivity contribution in [3.05, 3.63) is 29.8 Å². The monoisotopic (exact) mass is 309 g/mol. The summed E-state index contributed by atoms with van der Waals surface area (Å²) in [6.45, 7) is 1.97. The summed E-state index contributed by atoms with van der Waals surface area (Å²) >= 11 is 1.53. The molecular weight excluding hydrogens is 290 g/mol. The van der Waals surface area contributed by atoms with Gasteiger partial charge >= 0.3 is 5.97 Å². The molecule has 1 fully saturated rings. The van der Waals surface area contributed by atoms with Crippen LogP contribution in [0.4, 0.5) is 0 Å². The lowest BCUT2D eigenvalue weighted by Crippen LogP contribution is -2.46. The van der Waals surface area contributed by atoms with Crippen molar-refractivity contribution in [2.24, 2.45) is 0 Å². The molecule has 1 aliphatic heterocycles. The zero-order valence-electron chi connectivity index (χ0n) is 12.1. The Morgan fingerprint density at radius 2 is 2.24 bits per heavy atom. The van der Waals surface area contributed by atoms with Crippen molar-refractivity contribution in [2.45, 2.75) is 31.2 Å². The number of rotatable bonds is 5. The molecule has 114 valence electrons. The molecule has 1 aromatic rings. The van der Waals surface area contributed by atoms with E-state index in [-0.39, 0.29) is 17.7 Å². The number of ether oxygens (including phenoxy) is 1. The molecule has 21 heavy (non-hydrogen) atoms. The molecule has 1 amide bonds. The standard InChI is InChI=1S/C15H19NO4S/c1-3-14-16(12(9-21-14)15(18)19)13(17)8-10-5-4-6-11(7-10)20-2/h4-7,12,14H,3,8-9H2,1-2H3,(H,18,19). The summed E-state index contributed by atoms with van der Waals surface area (Å²) in [5.74, 6) is 0.0698. The van der Waals surface area contributed by atoms with Crippen LogP contribution in [-0.2, 0) is 16.0 Å². The fourth-order valence-electron chi connectivity index (χ4n) is 2.45. The quantitative estimate of drug-likeness (QED) is 0.901. The van der Waals surface area contributed by atoms with E-state index in [1.54, 1.807) is 13.2 Å². The van der Waals surface area contributed by atoms with Gasteiger partial charge in [0.1, 0.15) is 11.8 Å². The molecule has 1 heterocycles. The molecule has 0 aromatic heterocycles. The van der Waals surface area contributed by atoms with Crippen LogP contribution in [0.25, 0.3) is 0 Å². The topological polar surface area (TPSA) is 66.8 Å². The Morgan fingerprint density at radius 1 is 1.48 bits per heavy atom. The minimum Gasteiger partial charge on any atom is -0.497 e. The number of aliphatic carboxylic acids is 1. The van der Waals surface area contributed by atoms with Crippen molar-refractivity contribution in [1.82, 2.24) is 4.90 Å². The third-order valence-corrected chi connectivity index (χ3v) is 4.96. The molecule has 0 bridgehead atoms. The number of nitrogens with zero attached hydrogens (tertiary/aromatic N) is 1. The van der Waals surface area contributed by atoms with Gasteiger partial charge in [-0.15, -0.1) is 11.8 Å². The molecule has 5 nitrogen and oxygen atoms in total. The van der Waals surface area contributed by atoms with Crippen LogP contribution in [-0.4, -0.2) is 46.2 Å². The Kier molecular flexibility index (Phi) is 5.12. The van der Waals surface area contributed by atoms with E-state index < -0.39 is 12.0 Å². The second kappa shape index (κ2) is 6.85. The Labute approximate surface area is 128 Å². The fraction of sp³-hybridized carbons (Fsp3) is 0.467. The number of amides is 1. The molecule has 0 aliphatic carbocycles. The molecule has 0 radical (unpaired) electrons. The van der Waals surface area contributed by atoms with Crippen LogP contribution in [0.15, 0.2) is 24.3 Å². The zero-order chi connectivity index (χ0) is 15.4. The molecule has 2 unspecified atom stereocenters. The van der Waals surface area contributed by atoms with Crippen LogP contribution in [0.1, 0.15) is 18.9 Å². The van der Waals surface area contributed by atoms with Crippen LogP contribution < -0.4 is 4.74 Å². The highest BCUT2D eigenvalue weighted by atomic mass is 32.2. The molecule has 1 N–H and O–H groups in total. The average Bonchev–Trinajstić information content (AvgIpc) is 2.91. The largest absolute Gasteiger partial charge is 0.497 e. The smallest absolute Gasteiger partial charge is 0.327 e. The van der Waals surface area contributed by atoms with Crippen molar-refractivity contribution in [1.29, 1.82) is 0 Å². The summed E-state index contributed by atoms with van der Waals surface area (Å²) in [5, 5.41) is 9.22. The van der Waals surface area contributed by atoms with Crippen molar-refractivity contribution < 1.29 is 19.4 Å². The van der Waals surface area contributed by atoms with Gasteiger partial charge in [0.25, 0.3) is 0 Å². The molecule has 2 rings (SSSR count). The minimum atomic E-state index is -0.933. The predicted molar refractivity (Wildman–Crippen MR) is 81.5 cm³/mol. The first-order valence-corrected chi connectivity index (χ1v) is 7.90. The van der Waals surface area contributed by atoms with E-state index in [1.807, 2.05) is 25.1 Å². The fourth-order valence-corrected chi connectivity index (χ4v) is 3.82. The molecule has 2 atom stereocenters. The van der Waals surface area contributed by atoms with Gasteiger partial charge in [0.2, 0.25) is 5.91 Å². The maximum absolute atomic E-state index is 12.5. The van der Waals surface area contributed by atoms with Crippen LogP contribution >= 0.6 is 11.8 Å². The summed E-state index contributed by atoms with van der Waals surface area (Å²) in [6.07, 6.45) is 0.941. The van der Waals surface area contributed by atoms with Crippen molar-refractivity contribution in [3.63, 3.8) is 0 Å². The van der Waals surface area contributed by atoms with Crippen molar-refractivity contribution >= 4 is 23.6 Å². The van der Waals surface area contributed by atoms with E-state index >= 15 is 0 Å². The molecule has 1 aliphatic rings. The lowest BCUT2D eigenvalue weighted by atomic mass is 10.1. The maximum atomic E-state index is 12.5. The first-order chi connectivity index (χ1) is 10.1. The van der Waals surface area contributed by atoms with E-state index in [9.17, 15) is 14.7 Å². The average molecular weight is 309 g/mol. The summed E-state index contributed by atoms with van der Waals surface area (Å²) in [7, 11) is 1.58. The van der Waals surface area contributed by atoms with E-state index in [2.05, 4.69) is 0 Å². The lowest BCUT2D eigenvalue weighted by molar-refractivity contribution is -0.148. The van der Waals surface area contributed by atoms with Gasteiger partial charge in [0.05, 0.1) is 18.9 Å². The van der Waals surface area contributed by atoms with Gasteiger partial charge in [-0.3, -0.25) is 4.79 Å². The van der Waals surface area contributed by atoms with Gasteiger partial charge in [-0.25, -0.2) is 4.79 Å². The van der Waals surface area contributed by atoms with E-state index in [0.29, 0.717) is 11.5 Å². The van der Waals surface area contributed by atoms with Crippen LogP contribution in [0, 0.1) is 0 Å². The van der Waals surface area contributed by atoms with Gasteiger partial charge in [0, 0.05) is 5.75 Å². The van der Waals surface area contributed by atoms with Crippen molar-refractivity contribution in [3.8, 4) is 5.75 Å². The predicted octanol–water partition coefficient (Wildman–Crippen LogP) is 2.00. The maximum Gasteiger partial charge on any atom is 0.327 e. The van der Waals surface area contributed by atoms with Crippen molar-refractivity contribution in [2.75, 3.05) is 12.9 Å². The summed E-state index contributed by atoms with van der Waals surface area (Å²) < 4.78 is 5.14. The summed E-state index contributed by atoms with van der Waals surface area (Å²) in [6, 6.07) is 6.57. The number of carboxylic acid groups (broad SMARTS) is 1. The molecule has 1 saturated heterocycles. The number of carbonyl (C=O) groups excluding carboxylic acids is 1. The second-order valence-electron chi connectivity index (χ2n) is 4.88. The second-order valence-corrected chi connectivity index (χ2v) is 6.09. The normalized spacial score (nSPS) is 21.3. The third kappa shape index (κ3) is 3.50. The minimum absolute atomic E-state index is 0.0517. The van der Waals surface area contributed by atoms with Gasteiger partial charge in [-0.1, -0.05) is 19.1 Å². The molecule has 6 heteroatoms. The SMILES string of the molecule is CCC1SCC(C(=O)O)N1C(=O)Cc1cccc(OC)c1. The molecule has 0 spiro atoms. The Bertz CT molecular complexity index is 534. The number of hydrogen-bond acceptors (Lipinski definition) is 4. The van der Waals surface area contributed by atoms with Gasteiger partial charge in [-0.05, 0) is 24.1 Å². The number of methoxy groups -OCH3 is 1. The zero-order valence-corrected chi connectivity index (χ0v) is 12.9. The van der Waals surface area contributed by atoms with Gasteiger partial charge in [0.15, 0.2) is 0 Å². The molecule has 0 saturated carbocycles. The van der Waals surface area contributed by atoms with Crippen LogP contribution in [0.5, 0.6) is 5.75 Å². The summed E-state index contributed by atoms with van der Waals surface area (Å²) in [5.41, 5.74) is 0.829. The highest BCUT2D eigenvalue weighted by Crippen LogP contribution is 2.32. The lowest BCUT2D eigenvalue weighted by Gasteiger charge is -2.26. The number of carbonyl (C=O) groups is 2. The van der Waals surface area contributed by atoms with E-state index in [1.165, 1.54) is 16.7 Å². The van der Waals surface area contributed by atoms with Gasteiger partial charge in [-0.2, -0.15) is 0 Å². The van der Waals surface area contributed by atoms with Gasteiger partial charge < -0.3 is 14.7 Å². The Morgan fingerprint density at radius 3 is 2.86 bits per heavy atom. The number of carboxylic acids is 1.